The maximum atomic E-state index is 14.7. The lowest BCUT2D eigenvalue weighted by atomic mass is 9.50. The molecule has 2 aliphatic rings. The van der Waals surface area contributed by atoms with E-state index >= 15 is 0 Å². The van der Waals surface area contributed by atoms with Crippen molar-refractivity contribution in [2.45, 2.75) is 18.9 Å². The van der Waals surface area contributed by atoms with E-state index in [4.69, 9.17) is 23.7 Å². The Kier molecular flexibility index (Phi) is 10.1. The number of benzene rings is 2. The molecule has 13 heteroatoms. The fourth-order valence-electron chi connectivity index (χ4n) is 6.58. The lowest BCUT2D eigenvalue weighted by Gasteiger charge is -2.55. The monoisotopic (exact) mass is 642 g/mol. The van der Waals surface area contributed by atoms with Gasteiger partial charge in [-0.05, 0) is 36.1 Å². The van der Waals surface area contributed by atoms with E-state index < -0.39 is 99.1 Å². The van der Waals surface area contributed by atoms with Gasteiger partial charge in [0.15, 0.2) is 0 Å². The summed E-state index contributed by atoms with van der Waals surface area (Å²) in [6.45, 7) is 1.55. The van der Waals surface area contributed by atoms with Crippen molar-refractivity contribution in [1.29, 1.82) is 0 Å². The van der Waals surface area contributed by atoms with E-state index in [1.54, 1.807) is 25.1 Å². The van der Waals surface area contributed by atoms with Crippen molar-refractivity contribution in [1.82, 2.24) is 0 Å². The molecule has 2 aromatic carbocycles. The van der Waals surface area contributed by atoms with E-state index in [2.05, 4.69) is 0 Å². The van der Waals surface area contributed by atoms with Crippen LogP contribution in [0.4, 0.5) is 8.78 Å². The molecule has 0 radical (unpaired) electrons. The summed E-state index contributed by atoms with van der Waals surface area (Å²) in [5.41, 5.74) is -4.04. The van der Waals surface area contributed by atoms with Crippen LogP contribution in [-0.2, 0) is 47.7 Å². The van der Waals surface area contributed by atoms with Crippen molar-refractivity contribution in [3.63, 3.8) is 0 Å². The van der Waals surface area contributed by atoms with Crippen LogP contribution in [0.5, 0.6) is 0 Å². The highest BCUT2D eigenvalue weighted by molar-refractivity contribution is 6.22. The topological polar surface area (TPSA) is 152 Å². The van der Waals surface area contributed by atoms with Crippen molar-refractivity contribution in [3.05, 3.63) is 82.6 Å². The van der Waals surface area contributed by atoms with Crippen LogP contribution in [0.25, 0.3) is 11.6 Å². The number of esters is 5. The van der Waals surface area contributed by atoms with Gasteiger partial charge in [0.2, 0.25) is 0 Å². The number of fused-ring (bicyclic) bond motifs is 2. The zero-order valence-corrected chi connectivity index (χ0v) is 25.6. The minimum atomic E-state index is -2.71. The molecule has 6 atom stereocenters. The predicted molar refractivity (Wildman–Crippen MR) is 155 cm³/mol. The highest BCUT2D eigenvalue weighted by Gasteiger charge is 2.71. The second-order valence-electron chi connectivity index (χ2n) is 10.9. The molecule has 11 nitrogen and oxygen atoms in total. The first-order chi connectivity index (χ1) is 21.9. The summed E-state index contributed by atoms with van der Waals surface area (Å²) in [6, 6.07) is 10.7. The van der Waals surface area contributed by atoms with Gasteiger partial charge in [-0.2, -0.15) is 0 Å². The van der Waals surface area contributed by atoms with E-state index in [1.165, 1.54) is 12.1 Å². The Labute approximate surface area is 262 Å². The number of methoxy groups -OCH3 is 4. The molecule has 0 aliphatic heterocycles. The van der Waals surface area contributed by atoms with Crippen molar-refractivity contribution in [3.8, 4) is 0 Å². The Morgan fingerprint density at radius 3 is 1.91 bits per heavy atom. The molecule has 0 spiro atoms. The summed E-state index contributed by atoms with van der Waals surface area (Å²) >= 11 is 0. The third-order valence-electron chi connectivity index (χ3n) is 8.50. The zero-order valence-electron chi connectivity index (χ0n) is 25.6. The number of halogens is 2. The molecule has 1 N–H and O–H groups in total. The van der Waals surface area contributed by atoms with Crippen molar-refractivity contribution < 1.29 is 61.5 Å². The van der Waals surface area contributed by atoms with Gasteiger partial charge in [-0.15, -0.1) is 0 Å². The number of hydrogen-bond donors (Lipinski definition) is 1. The van der Waals surface area contributed by atoms with Crippen LogP contribution < -0.4 is 0 Å². The van der Waals surface area contributed by atoms with Gasteiger partial charge < -0.3 is 28.8 Å². The van der Waals surface area contributed by atoms with Gasteiger partial charge in [-0.1, -0.05) is 43.3 Å². The summed E-state index contributed by atoms with van der Waals surface area (Å²) in [7, 11) is 4.01. The second kappa shape index (κ2) is 13.6. The summed E-state index contributed by atoms with van der Waals surface area (Å²) < 4.78 is 55.0. The summed E-state index contributed by atoms with van der Waals surface area (Å²) in [4.78, 5) is 67.5. The molecule has 2 aromatic rings. The Hall–Kier alpha value is -4.91. The highest BCUT2D eigenvalue weighted by atomic mass is 19.1. The van der Waals surface area contributed by atoms with E-state index in [0.717, 1.165) is 52.7 Å². The summed E-state index contributed by atoms with van der Waals surface area (Å²) in [5.74, 6) is -16.1. The van der Waals surface area contributed by atoms with Crippen LogP contribution in [0.2, 0.25) is 0 Å². The number of carbonyl (C=O) groups is 5. The van der Waals surface area contributed by atoms with Crippen LogP contribution in [0, 0.1) is 41.2 Å². The van der Waals surface area contributed by atoms with Crippen LogP contribution in [0.15, 0.2) is 59.9 Å². The molecule has 2 bridgehead atoms. The predicted octanol–water partition coefficient (Wildman–Crippen LogP) is 3.24. The number of aliphatic hydroxyl groups is 1. The Morgan fingerprint density at radius 2 is 1.37 bits per heavy atom. The fourth-order valence-corrected chi connectivity index (χ4v) is 6.58. The molecular weight excluding hydrogens is 610 g/mol. The van der Waals surface area contributed by atoms with E-state index in [9.17, 15) is 37.9 Å². The number of ether oxygens (including phenoxy) is 5. The molecule has 1 saturated carbocycles. The molecule has 1 unspecified atom stereocenters. The van der Waals surface area contributed by atoms with Gasteiger partial charge >= 0.3 is 29.8 Å². The molecule has 1 fully saturated rings. The van der Waals surface area contributed by atoms with Gasteiger partial charge in [0, 0.05) is 11.5 Å². The Bertz CT molecular complexity index is 1600. The van der Waals surface area contributed by atoms with Gasteiger partial charge in [-0.25, -0.2) is 18.4 Å². The molecule has 244 valence electrons. The van der Waals surface area contributed by atoms with Crippen LogP contribution >= 0.6 is 0 Å². The molecule has 0 aromatic heterocycles. The molecule has 0 saturated heterocycles. The number of hydrogen-bond acceptors (Lipinski definition) is 11. The van der Waals surface area contributed by atoms with Crippen LogP contribution in [-0.4, -0.2) is 69.0 Å². The molecule has 2 aliphatic carbocycles. The van der Waals surface area contributed by atoms with Gasteiger partial charge in [0.1, 0.15) is 28.9 Å². The molecule has 0 amide bonds. The zero-order chi connectivity index (χ0) is 33.9. The fraction of sp³-hybridized carbons (Fsp3) is 0.364. The standard InChI is InChI=1S/C33H32F2O11/c1-16-14-20-23(29(37)42-2)27(26(32(40)45-5)33(41,24(16)30(38)43-3)25(20)31(39)44-4)46-28(36)18(17-10-7-6-8-11-17)15-19-21(34)12-9-13-22(19)35/h6-13,15-16,20,24-26,41H,14H2,1-5H3/t16-,20+,24-,25-,26?,33-/m1/s1. The summed E-state index contributed by atoms with van der Waals surface area (Å²) in [6.07, 6.45) is 0.770. The first kappa shape index (κ1) is 34.0. The van der Waals surface area contributed by atoms with Gasteiger partial charge in [-0.3, -0.25) is 14.4 Å². The molecule has 4 rings (SSSR count). The van der Waals surface area contributed by atoms with Gasteiger partial charge in [0.05, 0.1) is 51.4 Å². The highest BCUT2D eigenvalue weighted by Crippen LogP contribution is 2.58. The average molecular weight is 643 g/mol. The quantitative estimate of drug-likeness (QED) is 0.196. The normalized spacial score (nSPS) is 25.7. The molecule has 0 heterocycles. The van der Waals surface area contributed by atoms with Crippen LogP contribution in [0.1, 0.15) is 24.5 Å². The average Bonchev–Trinajstić information content (AvgIpc) is 3.03. The maximum absolute atomic E-state index is 14.7. The van der Waals surface area contributed by atoms with E-state index in [0.29, 0.717) is 0 Å². The maximum Gasteiger partial charge on any atom is 0.343 e. The lowest BCUT2D eigenvalue weighted by Crippen LogP contribution is -2.68. The number of carbonyl (C=O) groups excluding carboxylic acids is 5. The SMILES string of the molecule is COC(=O)C1=C(OC(=O)C(=Cc2c(F)cccc2F)c2ccccc2)C(C(=O)OC)[C@@]2(O)[C@@H](C(=O)OC)[C@H](C)C[C@@H]1[C@@H]2C(=O)OC. The minimum Gasteiger partial charge on any atom is -0.469 e. The van der Waals surface area contributed by atoms with Crippen molar-refractivity contribution >= 4 is 41.5 Å². The third-order valence-corrected chi connectivity index (χ3v) is 8.50. The smallest absolute Gasteiger partial charge is 0.343 e. The largest absolute Gasteiger partial charge is 0.469 e. The van der Waals surface area contributed by atoms with Crippen molar-refractivity contribution in [2.24, 2.45) is 29.6 Å². The molecule has 46 heavy (non-hydrogen) atoms. The van der Waals surface area contributed by atoms with E-state index in [-0.39, 0.29) is 12.0 Å². The number of rotatable bonds is 8. The van der Waals surface area contributed by atoms with Crippen molar-refractivity contribution in [2.75, 3.05) is 28.4 Å². The van der Waals surface area contributed by atoms with E-state index in [1.807, 2.05) is 0 Å². The Morgan fingerprint density at radius 1 is 0.804 bits per heavy atom. The minimum absolute atomic E-state index is 0.122. The van der Waals surface area contributed by atoms with Gasteiger partial charge in [0.25, 0.3) is 0 Å². The molecular formula is C33H32F2O11. The summed E-state index contributed by atoms with van der Waals surface area (Å²) in [5, 5.41) is 12.5. The Balaban J connectivity index is 2.03. The third kappa shape index (κ3) is 5.78. The first-order valence-corrected chi connectivity index (χ1v) is 14.1. The lowest BCUT2D eigenvalue weighted by molar-refractivity contribution is -0.212. The second-order valence-corrected chi connectivity index (χ2v) is 10.9. The van der Waals surface area contributed by atoms with Crippen LogP contribution in [0.3, 0.4) is 0 Å². The first-order valence-electron chi connectivity index (χ1n) is 14.1.